The number of ether oxygens (including phenoxy) is 1. The lowest BCUT2D eigenvalue weighted by Crippen LogP contribution is -2.31. The third-order valence-corrected chi connectivity index (χ3v) is 3.01. The summed E-state index contributed by atoms with van der Waals surface area (Å²) >= 11 is 0. The first-order valence-electron chi connectivity index (χ1n) is 7.32. The van der Waals surface area contributed by atoms with Crippen molar-refractivity contribution in [2.75, 3.05) is 11.9 Å². The standard InChI is InChI=1S/C16H22N2O4/c1-4-11(3)17-16(21)12-7-6-8-13(9-12)18-14(19)10-15(20)22-5-2/h6-9,11H,4-5,10H2,1-3H3,(H,17,21)(H,18,19)/t11-/m1/s1. The third kappa shape index (κ3) is 5.95. The van der Waals surface area contributed by atoms with E-state index in [-0.39, 0.29) is 25.0 Å². The Morgan fingerprint density at radius 3 is 2.59 bits per heavy atom. The van der Waals surface area contributed by atoms with Gasteiger partial charge in [-0.25, -0.2) is 0 Å². The van der Waals surface area contributed by atoms with E-state index in [1.54, 1.807) is 31.2 Å². The fourth-order valence-corrected chi connectivity index (χ4v) is 1.70. The molecule has 0 aliphatic heterocycles. The quantitative estimate of drug-likeness (QED) is 0.597. The van der Waals surface area contributed by atoms with E-state index in [0.29, 0.717) is 11.3 Å². The number of rotatable bonds is 7. The van der Waals surface area contributed by atoms with Gasteiger partial charge in [-0.2, -0.15) is 0 Å². The molecule has 0 bridgehead atoms. The molecule has 0 spiro atoms. The van der Waals surface area contributed by atoms with Gasteiger partial charge in [-0.15, -0.1) is 0 Å². The Morgan fingerprint density at radius 2 is 1.95 bits per heavy atom. The van der Waals surface area contributed by atoms with Gasteiger partial charge in [-0.1, -0.05) is 13.0 Å². The number of esters is 1. The van der Waals surface area contributed by atoms with Crippen LogP contribution in [0.15, 0.2) is 24.3 Å². The van der Waals surface area contributed by atoms with Crippen LogP contribution in [0.1, 0.15) is 44.0 Å². The largest absolute Gasteiger partial charge is 0.466 e. The fraction of sp³-hybridized carbons (Fsp3) is 0.438. The maximum absolute atomic E-state index is 12.0. The van der Waals surface area contributed by atoms with Gasteiger partial charge in [0.1, 0.15) is 6.42 Å². The van der Waals surface area contributed by atoms with Crippen molar-refractivity contribution in [3.63, 3.8) is 0 Å². The average molecular weight is 306 g/mol. The molecule has 0 radical (unpaired) electrons. The van der Waals surface area contributed by atoms with Crippen molar-refractivity contribution < 1.29 is 19.1 Å². The van der Waals surface area contributed by atoms with Gasteiger partial charge in [0.2, 0.25) is 5.91 Å². The lowest BCUT2D eigenvalue weighted by atomic mass is 10.1. The molecule has 1 atom stereocenters. The normalized spacial score (nSPS) is 11.4. The van der Waals surface area contributed by atoms with Gasteiger partial charge in [0.15, 0.2) is 0 Å². The van der Waals surface area contributed by atoms with Gasteiger partial charge >= 0.3 is 5.97 Å². The minimum absolute atomic E-state index is 0.0783. The van der Waals surface area contributed by atoms with Gasteiger partial charge < -0.3 is 15.4 Å². The van der Waals surface area contributed by atoms with E-state index in [9.17, 15) is 14.4 Å². The van der Waals surface area contributed by atoms with E-state index in [0.717, 1.165) is 6.42 Å². The zero-order valence-corrected chi connectivity index (χ0v) is 13.1. The van der Waals surface area contributed by atoms with Crippen molar-refractivity contribution in [1.29, 1.82) is 0 Å². The topological polar surface area (TPSA) is 84.5 Å². The molecule has 1 rings (SSSR count). The van der Waals surface area contributed by atoms with E-state index in [1.165, 1.54) is 0 Å². The molecule has 0 saturated carbocycles. The summed E-state index contributed by atoms with van der Waals surface area (Å²) in [7, 11) is 0. The molecule has 0 unspecified atom stereocenters. The zero-order chi connectivity index (χ0) is 16.5. The average Bonchev–Trinajstić information content (AvgIpc) is 2.47. The second kappa shape index (κ2) is 8.81. The molecule has 22 heavy (non-hydrogen) atoms. The highest BCUT2D eigenvalue weighted by atomic mass is 16.5. The summed E-state index contributed by atoms with van der Waals surface area (Å²) in [4.78, 5) is 34.9. The van der Waals surface area contributed by atoms with Gasteiger partial charge in [-0.3, -0.25) is 14.4 Å². The second-order valence-electron chi connectivity index (χ2n) is 4.89. The predicted octanol–water partition coefficient (Wildman–Crippen LogP) is 2.11. The summed E-state index contributed by atoms with van der Waals surface area (Å²) in [6.45, 7) is 5.81. The van der Waals surface area contributed by atoms with Gasteiger partial charge in [0, 0.05) is 17.3 Å². The molecular weight excluding hydrogens is 284 g/mol. The molecule has 0 aliphatic carbocycles. The number of benzene rings is 1. The number of carbonyl (C=O) groups is 3. The fourth-order valence-electron chi connectivity index (χ4n) is 1.70. The number of carbonyl (C=O) groups excluding carboxylic acids is 3. The van der Waals surface area contributed by atoms with Gasteiger partial charge in [0.05, 0.1) is 6.61 Å². The Morgan fingerprint density at radius 1 is 1.23 bits per heavy atom. The molecule has 1 aromatic carbocycles. The van der Waals surface area contributed by atoms with E-state index >= 15 is 0 Å². The number of anilines is 1. The molecule has 2 N–H and O–H groups in total. The van der Waals surface area contributed by atoms with E-state index < -0.39 is 11.9 Å². The van der Waals surface area contributed by atoms with Crippen LogP contribution >= 0.6 is 0 Å². The summed E-state index contributed by atoms with van der Waals surface area (Å²) in [6, 6.07) is 6.64. The summed E-state index contributed by atoms with van der Waals surface area (Å²) in [5.41, 5.74) is 0.917. The second-order valence-corrected chi connectivity index (χ2v) is 4.89. The van der Waals surface area contributed by atoms with Crippen LogP contribution in [0, 0.1) is 0 Å². The summed E-state index contributed by atoms with van der Waals surface area (Å²) < 4.78 is 4.70. The molecule has 120 valence electrons. The van der Waals surface area contributed by atoms with Crippen molar-refractivity contribution in [2.45, 2.75) is 39.7 Å². The van der Waals surface area contributed by atoms with Crippen molar-refractivity contribution in [2.24, 2.45) is 0 Å². The maximum atomic E-state index is 12.0. The Hall–Kier alpha value is -2.37. The number of hydrogen-bond donors (Lipinski definition) is 2. The SMILES string of the molecule is CCOC(=O)CC(=O)Nc1cccc(C(=O)N[C@H](C)CC)c1. The van der Waals surface area contributed by atoms with Crippen LogP contribution in [0.25, 0.3) is 0 Å². The third-order valence-electron chi connectivity index (χ3n) is 3.01. The first-order chi connectivity index (χ1) is 10.5. The predicted molar refractivity (Wildman–Crippen MR) is 83.5 cm³/mol. The van der Waals surface area contributed by atoms with Crippen molar-refractivity contribution in [1.82, 2.24) is 5.32 Å². The Labute approximate surface area is 130 Å². The van der Waals surface area contributed by atoms with Crippen LogP contribution in [0.3, 0.4) is 0 Å². The van der Waals surface area contributed by atoms with Crippen LogP contribution in [-0.2, 0) is 14.3 Å². The Balaban J connectivity index is 2.66. The summed E-state index contributed by atoms with van der Waals surface area (Å²) in [5, 5.41) is 5.42. The van der Waals surface area contributed by atoms with Crippen LogP contribution in [-0.4, -0.2) is 30.4 Å². The highest BCUT2D eigenvalue weighted by Gasteiger charge is 2.12. The molecule has 0 saturated heterocycles. The molecule has 0 fully saturated rings. The molecular formula is C16H22N2O4. The van der Waals surface area contributed by atoms with E-state index in [4.69, 9.17) is 4.74 Å². The van der Waals surface area contributed by atoms with Crippen molar-refractivity contribution in [3.05, 3.63) is 29.8 Å². The van der Waals surface area contributed by atoms with Crippen LogP contribution in [0.4, 0.5) is 5.69 Å². The minimum atomic E-state index is -0.578. The monoisotopic (exact) mass is 306 g/mol. The summed E-state index contributed by atoms with van der Waals surface area (Å²) in [5.74, 6) is -1.25. The molecule has 6 heteroatoms. The van der Waals surface area contributed by atoms with Gasteiger partial charge in [-0.05, 0) is 38.5 Å². The zero-order valence-electron chi connectivity index (χ0n) is 13.1. The highest BCUT2D eigenvalue weighted by Crippen LogP contribution is 2.11. The first-order valence-corrected chi connectivity index (χ1v) is 7.32. The Bertz CT molecular complexity index is 543. The Kier molecular flexibility index (Phi) is 7.08. The lowest BCUT2D eigenvalue weighted by molar-refractivity contribution is -0.145. The molecule has 0 aliphatic rings. The lowest BCUT2D eigenvalue weighted by Gasteiger charge is -2.12. The van der Waals surface area contributed by atoms with E-state index in [2.05, 4.69) is 10.6 Å². The number of hydrogen-bond acceptors (Lipinski definition) is 4. The molecule has 6 nitrogen and oxygen atoms in total. The van der Waals surface area contributed by atoms with Crippen molar-refractivity contribution in [3.8, 4) is 0 Å². The van der Waals surface area contributed by atoms with Gasteiger partial charge in [0.25, 0.3) is 5.91 Å². The van der Waals surface area contributed by atoms with Crippen LogP contribution < -0.4 is 10.6 Å². The molecule has 1 aromatic rings. The maximum Gasteiger partial charge on any atom is 0.315 e. The molecule has 2 amide bonds. The van der Waals surface area contributed by atoms with Crippen molar-refractivity contribution >= 4 is 23.5 Å². The van der Waals surface area contributed by atoms with Crippen LogP contribution in [0.5, 0.6) is 0 Å². The van der Waals surface area contributed by atoms with Crippen LogP contribution in [0.2, 0.25) is 0 Å². The highest BCUT2D eigenvalue weighted by molar-refractivity contribution is 6.02. The number of amides is 2. The smallest absolute Gasteiger partial charge is 0.315 e. The molecule has 0 heterocycles. The minimum Gasteiger partial charge on any atom is -0.466 e. The summed E-state index contributed by atoms with van der Waals surface area (Å²) in [6.07, 6.45) is 0.485. The number of nitrogens with one attached hydrogen (secondary N) is 2. The molecule has 0 aromatic heterocycles. The van der Waals surface area contributed by atoms with E-state index in [1.807, 2.05) is 13.8 Å². The first kappa shape index (κ1) is 17.7.